The van der Waals surface area contributed by atoms with Gasteiger partial charge in [0.1, 0.15) is 10.3 Å². The van der Waals surface area contributed by atoms with Gasteiger partial charge in [-0.15, -0.1) is 0 Å². The Kier molecular flexibility index (Phi) is 8.51. The van der Waals surface area contributed by atoms with Gasteiger partial charge in [0.2, 0.25) is 0 Å². The molecule has 8 rings (SSSR count). The predicted molar refractivity (Wildman–Crippen MR) is 208 cm³/mol. The van der Waals surface area contributed by atoms with E-state index in [1.54, 1.807) is 0 Å². The van der Waals surface area contributed by atoms with Crippen LogP contribution in [0.5, 0.6) is 0 Å². The zero-order valence-electron chi connectivity index (χ0n) is 27.2. The Labute approximate surface area is 295 Å². The number of hydrogen-bond acceptors (Lipinski definition) is 2. The summed E-state index contributed by atoms with van der Waals surface area (Å²) in [7, 11) is -0.145. The SMILES string of the molecule is O=PC(c1ccccc1)(c1ccccc1)c1ccc2ccccc2c1-c1c(C(P=O)(c2ccccc2)c2ccccc2)ccc2ccccc12. The zero-order valence-corrected chi connectivity index (χ0v) is 29.0. The summed E-state index contributed by atoms with van der Waals surface area (Å²) in [5, 5.41) is 2.06. The lowest BCUT2D eigenvalue weighted by Crippen LogP contribution is -2.26. The Balaban J connectivity index is 1.62. The smallest absolute Gasteiger partial charge is 0.176 e. The van der Waals surface area contributed by atoms with Crippen LogP contribution in [0.3, 0.4) is 0 Å². The fraction of sp³-hybridized carbons (Fsp3) is 0.0435. The molecule has 0 saturated carbocycles. The standard InChI is InChI=1S/C46H32O2P2/c47-49-45(35-19-5-1-6-20-35,36-21-7-2-8-22-36)41-31-29-33-17-13-15-27-39(33)43(41)44-40-28-16-14-18-34(40)30-32-42(44)46(50-48,37-23-9-3-10-24-37)38-25-11-4-12-26-38/h1-32H. The molecule has 0 unspecified atom stereocenters. The van der Waals surface area contributed by atoms with Crippen molar-refractivity contribution < 1.29 is 9.13 Å². The van der Waals surface area contributed by atoms with E-state index in [0.29, 0.717) is 0 Å². The molecule has 0 atom stereocenters. The van der Waals surface area contributed by atoms with Crippen molar-refractivity contribution in [2.24, 2.45) is 0 Å². The summed E-state index contributed by atoms with van der Waals surface area (Å²) in [6.45, 7) is 0. The highest BCUT2D eigenvalue weighted by Crippen LogP contribution is 2.57. The number of benzene rings is 8. The molecule has 0 fully saturated rings. The van der Waals surface area contributed by atoms with Crippen LogP contribution in [0.15, 0.2) is 194 Å². The van der Waals surface area contributed by atoms with Crippen LogP contribution in [0, 0.1) is 0 Å². The first-order valence-corrected chi connectivity index (χ1v) is 18.3. The lowest BCUT2D eigenvalue weighted by atomic mass is 9.74. The molecule has 0 N–H and O–H groups in total. The average Bonchev–Trinajstić information content (AvgIpc) is 3.20. The first-order chi connectivity index (χ1) is 24.7. The zero-order chi connectivity index (χ0) is 34.0. The molecule has 0 aliphatic heterocycles. The van der Waals surface area contributed by atoms with Gasteiger partial charge in [0.15, 0.2) is 16.9 Å². The fourth-order valence-electron chi connectivity index (χ4n) is 7.67. The molecule has 0 bridgehead atoms. The predicted octanol–water partition coefficient (Wildman–Crippen LogP) is 12.8. The topological polar surface area (TPSA) is 34.1 Å². The highest BCUT2D eigenvalue weighted by molar-refractivity contribution is 7.26. The van der Waals surface area contributed by atoms with Crippen molar-refractivity contribution >= 4 is 38.5 Å². The minimum atomic E-state index is -1.06. The van der Waals surface area contributed by atoms with Gasteiger partial charge in [-0.3, -0.25) is 9.13 Å². The van der Waals surface area contributed by atoms with Gasteiger partial charge < -0.3 is 0 Å². The molecule has 238 valence electrons. The fourth-order valence-corrected chi connectivity index (χ4v) is 9.25. The van der Waals surface area contributed by atoms with Crippen molar-refractivity contribution in [2.45, 2.75) is 10.3 Å². The monoisotopic (exact) mass is 678 g/mol. The van der Waals surface area contributed by atoms with E-state index in [0.717, 1.165) is 66.1 Å². The van der Waals surface area contributed by atoms with Gasteiger partial charge in [-0.1, -0.05) is 194 Å². The van der Waals surface area contributed by atoms with Crippen LogP contribution in [0.1, 0.15) is 33.4 Å². The van der Waals surface area contributed by atoms with E-state index in [1.807, 2.05) is 72.8 Å². The minimum Gasteiger partial charge on any atom is -0.273 e. The summed E-state index contributed by atoms with van der Waals surface area (Å²) >= 11 is 0. The maximum absolute atomic E-state index is 14.2. The molecule has 0 aromatic heterocycles. The lowest BCUT2D eigenvalue weighted by molar-refractivity contribution is 0.585. The lowest BCUT2D eigenvalue weighted by Gasteiger charge is -2.35. The third kappa shape index (κ3) is 5.04. The second-order valence-electron chi connectivity index (χ2n) is 12.5. The molecule has 8 aromatic rings. The minimum absolute atomic E-state index is 0.0727. The van der Waals surface area contributed by atoms with Crippen LogP contribution < -0.4 is 0 Å². The maximum Gasteiger partial charge on any atom is 0.176 e. The van der Waals surface area contributed by atoms with E-state index >= 15 is 0 Å². The maximum atomic E-state index is 14.2. The molecule has 0 aliphatic carbocycles. The molecule has 50 heavy (non-hydrogen) atoms. The first kappa shape index (κ1) is 31.7. The van der Waals surface area contributed by atoms with Gasteiger partial charge in [0.05, 0.1) is 0 Å². The summed E-state index contributed by atoms with van der Waals surface area (Å²) in [5.41, 5.74) is 7.40. The molecule has 0 saturated heterocycles. The van der Waals surface area contributed by atoms with E-state index in [4.69, 9.17) is 0 Å². The first-order valence-electron chi connectivity index (χ1n) is 16.7. The van der Waals surface area contributed by atoms with E-state index in [1.165, 1.54) is 0 Å². The molecule has 0 aliphatic rings. The molecule has 0 amide bonds. The molecular weight excluding hydrogens is 646 g/mol. The van der Waals surface area contributed by atoms with E-state index in [-0.39, 0.29) is 16.9 Å². The van der Waals surface area contributed by atoms with Crippen molar-refractivity contribution in [2.75, 3.05) is 0 Å². The van der Waals surface area contributed by atoms with Crippen molar-refractivity contribution in [3.05, 3.63) is 228 Å². The highest BCUT2D eigenvalue weighted by atomic mass is 31.1. The molecule has 0 heterocycles. The van der Waals surface area contributed by atoms with E-state index in [9.17, 15) is 9.13 Å². The van der Waals surface area contributed by atoms with Crippen LogP contribution in [-0.2, 0) is 19.4 Å². The summed E-state index contributed by atoms with van der Waals surface area (Å²) in [5.74, 6) is 0. The third-order valence-electron chi connectivity index (χ3n) is 9.93. The number of hydrogen-bond donors (Lipinski definition) is 0. The van der Waals surface area contributed by atoms with Gasteiger partial charge in [0.25, 0.3) is 0 Å². The van der Waals surface area contributed by atoms with Gasteiger partial charge in [-0.05, 0) is 66.1 Å². The Morgan fingerprint density at radius 1 is 0.300 bits per heavy atom. The Hall–Kier alpha value is -5.52. The normalized spacial score (nSPS) is 12.1. The van der Waals surface area contributed by atoms with Gasteiger partial charge >= 0.3 is 0 Å². The second kappa shape index (κ2) is 13.4. The summed E-state index contributed by atoms with van der Waals surface area (Å²) in [4.78, 5) is 0. The van der Waals surface area contributed by atoms with Crippen LogP contribution in [-0.4, -0.2) is 0 Å². The molecule has 4 heteroatoms. The summed E-state index contributed by atoms with van der Waals surface area (Å²) in [6, 6.07) is 65.9. The quantitative estimate of drug-likeness (QED) is 0.112. The Bertz CT molecular complexity index is 2210. The van der Waals surface area contributed by atoms with Crippen molar-refractivity contribution in [3.8, 4) is 11.1 Å². The molecular formula is C46H32O2P2. The number of fused-ring (bicyclic) bond motifs is 2. The van der Waals surface area contributed by atoms with Crippen LogP contribution in [0.4, 0.5) is 0 Å². The highest BCUT2D eigenvalue weighted by Gasteiger charge is 2.44. The molecule has 2 nitrogen and oxygen atoms in total. The van der Waals surface area contributed by atoms with E-state index < -0.39 is 10.3 Å². The van der Waals surface area contributed by atoms with Crippen molar-refractivity contribution in [1.82, 2.24) is 0 Å². The van der Waals surface area contributed by atoms with Gasteiger partial charge in [0, 0.05) is 0 Å². The third-order valence-corrected chi connectivity index (χ3v) is 12.0. The van der Waals surface area contributed by atoms with Crippen molar-refractivity contribution in [3.63, 3.8) is 0 Å². The summed E-state index contributed by atoms with van der Waals surface area (Å²) < 4.78 is 28.5. The Morgan fingerprint density at radius 3 is 0.880 bits per heavy atom. The van der Waals surface area contributed by atoms with E-state index in [2.05, 4.69) is 121 Å². The molecule has 0 radical (unpaired) electrons. The van der Waals surface area contributed by atoms with Crippen molar-refractivity contribution in [1.29, 1.82) is 0 Å². The van der Waals surface area contributed by atoms with Crippen LogP contribution in [0.25, 0.3) is 32.7 Å². The molecule has 0 spiro atoms. The van der Waals surface area contributed by atoms with Crippen LogP contribution >= 0.6 is 16.9 Å². The average molecular weight is 679 g/mol. The number of rotatable bonds is 9. The second-order valence-corrected chi connectivity index (χ2v) is 14.2. The summed E-state index contributed by atoms with van der Waals surface area (Å²) in [6.07, 6.45) is 0. The molecule has 8 aromatic carbocycles. The van der Waals surface area contributed by atoms with Gasteiger partial charge in [-0.2, -0.15) is 0 Å². The van der Waals surface area contributed by atoms with Gasteiger partial charge in [-0.25, -0.2) is 0 Å². The van der Waals surface area contributed by atoms with Crippen LogP contribution in [0.2, 0.25) is 0 Å². The largest absolute Gasteiger partial charge is 0.273 e. The Morgan fingerprint density at radius 2 is 0.580 bits per heavy atom.